The molecule has 1 unspecified atom stereocenters. The second-order valence-electron chi connectivity index (χ2n) is 4.81. The molecule has 0 aliphatic rings. The highest BCUT2D eigenvalue weighted by atomic mass is 16.2. The molecule has 0 bridgehead atoms. The Balaban J connectivity index is 2.17. The number of benzene rings is 1. The SMILES string of the molecule is Cc1cccc(CCC(C)NCCCCO)c1. The fourth-order valence-electron chi connectivity index (χ4n) is 1.94. The van der Waals surface area contributed by atoms with Crippen molar-refractivity contribution in [3.63, 3.8) is 0 Å². The lowest BCUT2D eigenvalue weighted by molar-refractivity contribution is 0.282. The molecule has 96 valence electrons. The van der Waals surface area contributed by atoms with E-state index in [9.17, 15) is 0 Å². The second-order valence-corrected chi connectivity index (χ2v) is 4.81. The van der Waals surface area contributed by atoms with Gasteiger partial charge in [-0.25, -0.2) is 0 Å². The molecular formula is C15H25NO. The summed E-state index contributed by atoms with van der Waals surface area (Å²) in [6.07, 6.45) is 4.27. The van der Waals surface area contributed by atoms with Crippen molar-refractivity contribution in [1.82, 2.24) is 5.32 Å². The highest BCUT2D eigenvalue weighted by Gasteiger charge is 2.01. The topological polar surface area (TPSA) is 32.3 Å². The summed E-state index contributed by atoms with van der Waals surface area (Å²) in [5.74, 6) is 0. The van der Waals surface area contributed by atoms with Crippen molar-refractivity contribution in [3.05, 3.63) is 35.4 Å². The first-order chi connectivity index (χ1) is 8.22. The monoisotopic (exact) mass is 235 g/mol. The standard InChI is InChI=1S/C15H25NO/c1-13-6-5-7-15(12-13)9-8-14(2)16-10-3-4-11-17/h5-7,12,14,16-17H,3-4,8-11H2,1-2H3. The lowest BCUT2D eigenvalue weighted by Gasteiger charge is -2.13. The average Bonchev–Trinajstić information content (AvgIpc) is 2.32. The largest absolute Gasteiger partial charge is 0.396 e. The van der Waals surface area contributed by atoms with Crippen LogP contribution in [0.2, 0.25) is 0 Å². The number of unbranched alkanes of at least 4 members (excludes halogenated alkanes) is 1. The molecule has 0 radical (unpaired) electrons. The maximum atomic E-state index is 8.68. The van der Waals surface area contributed by atoms with Crippen LogP contribution in [-0.2, 0) is 6.42 Å². The third-order valence-corrected chi connectivity index (χ3v) is 3.03. The van der Waals surface area contributed by atoms with Gasteiger partial charge in [0.25, 0.3) is 0 Å². The van der Waals surface area contributed by atoms with Gasteiger partial charge in [0.2, 0.25) is 0 Å². The summed E-state index contributed by atoms with van der Waals surface area (Å²) >= 11 is 0. The van der Waals surface area contributed by atoms with Crippen molar-refractivity contribution in [3.8, 4) is 0 Å². The lowest BCUT2D eigenvalue weighted by Crippen LogP contribution is -2.27. The number of hydrogen-bond donors (Lipinski definition) is 2. The molecule has 17 heavy (non-hydrogen) atoms. The van der Waals surface area contributed by atoms with Crippen molar-refractivity contribution in [2.75, 3.05) is 13.2 Å². The fraction of sp³-hybridized carbons (Fsp3) is 0.600. The molecule has 0 aliphatic heterocycles. The van der Waals surface area contributed by atoms with E-state index >= 15 is 0 Å². The van der Waals surface area contributed by atoms with Gasteiger partial charge in [0.05, 0.1) is 0 Å². The van der Waals surface area contributed by atoms with Crippen LogP contribution >= 0.6 is 0 Å². The van der Waals surface area contributed by atoms with Crippen LogP contribution in [0.1, 0.15) is 37.3 Å². The van der Waals surface area contributed by atoms with Gasteiger partial charge in [0.15, 0.2) is 0 Å². The first-order valence-electron chi connectivity index (χ1n) is 6.62. The van der Waals surface area contributed by atoms with E-state index < -0.39 is 0 Å². The number of rotatable bonds is 8. The first kappa shape index (κ1) is 14.2. The van der Waals surface area contributed by atoms with E-state index in [-0.39, 0.29) is 0 Å². The zero-order valence-corrected chi connectivity index (χ0v) is 11.1. The minimum Gasteiger partial charge on any atom is -0.396 e. The quantitative estimate of drug-likeness (QED) is 0.679. The molecule has 2 heteroatoms. The van der Waals surface area contributed by atoms with Crippen molar-refractivity contribution >= 4 is 0 Å². The van der Waals surface area contributed by atoms with Gasteiger partial charge >= 0.3 is 0 Å². The Morgan fingerprint density at radius 2 is 2.12 bits per heavy atom. The van der Waals surface area contributed by atoms with E-state index in [2.05, 4.69) is 43.4 Å². The maximum absolute atomic E-state index is 8.68. The van der Waals surface area contributed by atoms with Gasteiger partial charge < -0.3 is 10.4 Å². The minimum absolute atomic E-state index is 0.305. The lowest BCUT2D eigenvalue weighted by atomic mass is 10.0. The van der Waals surface area contributed by atoms with Gasteiger partial charge in [0, 0.05) is 12.6 Å². The first-order valence-corrected chi connectivity index (χ1v) is 6.62. The molecule has 0 heterocycles. The molecule has 0 saturated carbocycles. The molecule has 2 N–H and O–H groups in total. The Bertz CT molecular complexity index is 312. The summed E-state index contributed by atoms with van der Waals surface area (Å²) < 4.78 is 0. The molecule has 2 nitrogen and oxygen atoms in total. The average molecular weight is 235 g/mol. The van der Waals surface area contributed by atoms with Crippen LogP contribution in [0.5, 0.6) is 0 Å². The van der Waals surface area contributed by atoms with E-state index in [1.807, 2.05) is 0 Å². The van der Waals surface area contributed by atoms with Crippen LogP contribution in [0.3, 0.4) is 0 Å². The van der Waals surface area contributed by atoms with Crippen LogP contribution < -0.4 is 5.32 Å². The number of aliphatic hydroxyl groups is 1. The van der Waals surface area contributed by atoms with Gasteiger partial charge in [0.1, 0.15) is 0 Å². The molecular weight excluding hydrogens is 210 g/mol. The Labute approximate surface area is 105 Å². The Morgan fingerprint density at radius 1 is 1.29 bits per heavy atom. The van der Waals surface area contributed by atoms with Gasteiger partial charge in [-0.15, -0.1) is 0 Å². The smallest absolute Gasteiger partial charge is 0.0431 e. The molecule has 1 aromatic rings. The summed E-state index contributed by atoms with van der Waals surface area (Å²) in [6, 6.07) is 9.28. The van der Waals surface area contributed by atoms with E-state index in [1.165, 1.54) is 17.5 Å². The van der Waals surface area contributed by atoms with Crippen molar-refractivity contribution in [2.24, 2.45) is 0 Å². The molecule has 0 fully saturated rings. The molecule has 1 aromatic carbocycles. The molecule has 0 aromatic heterocycles. The predicted octanol–water partition coefficient (Wildman–Crippen LogP) is 2.68. The van der Waals surface area contributed by atoms with Crippen LogP contribution in [0, 0.1) is 6.92 Å². The summed E-state index contributed by atoms with van der Waals surface area (Å²) in [4.78, 5) is 0. The molecule has 0 spiro atoms. The normalized spacial score (nSPS) is 12.6. The Kier molecular flexibility index (Phi) is 6.90. The van der Waals surface area contributed by atoms with Crippen molar-refractivity contribution in [1.29, 1.82) is 0 Å². The summed E-state index contributed by atoms with van der Waals surface area (Å²) in [5.41, 5.74) is 2.76. The summed E-state index contributed by atoms with van der Waals surface area (Å²) in [5, 5.41) is 12.2. The fourth-order valence-corrected chi connectivity index (χ4v) is 1.94. The third kappa shape index (κ3) is 6.44. The molecule has 1 atom stereocenters. The summed E-state index contributed by atoms with van der Waals surface area (Å²) in [7, 11) is 0. The predicted molar refractivity (Wildman–Crippen MR) is 73.3 cm³/mol. The van der Waals surface area contributed by atoms with Crippen LogP contribution in [0.15, 0.2) is 24.3 Å². The number of hydrogen-bond acceptors (Lipinski definition) is 2. The minimum atomic E-state index is 0.305. The van der Waals surface area contributed by atoms with E-state index in [0.717, 1.165) is 25.8 Å². The highest BCUT2D eigenvalue weighted by molar-refractivity contribution is 5.22. The zero-order chi connectivity index (χ0) is 12.5. The van der Waals surface area contributed by atoms with Gasteiger partial charge in [-0.3, -0.25) is 0 Å². The van der Waals surface area contributed by atoms with Gasteiger partial charge in [-0.1, -0.05) is 29.8 Å². The van der Waals surface area contributed by atoms with E-state index in [4.69, 9.17) is 5.11 Å². The van der Waals surface area contributed by atoms with Crippen molar-refractivity contribution < 1.29 is 5.11 Å². The van der Waals surface area contributed by atoms with Gasteiger partial charge in [-0.2, -0.15) is 0 Å². The Hall–Kier alpha value is -0.860. The number of aliphatic hydroxyl groups excluding tert-OH is 1. The maximum Gasteiger partial charge on any atom is 0.0431 e. The van der Waals surface area contributed by atoms with E-state index in [0.29, 0.717) is 12.6 Å². The molecule has 1 rings (SSSR count). The van der Waals surface area contributed by atoms with Crippen LogP contribution in [0.25, 0.3) is 0 Å². The molecule has 0 amide bonds. The van der Waals surface area contributed by atoms with Gasteiger partial charge in [-0.05, 0) is 51.6 Å². The van der Waals surface area contributed by atoms with Crippen molar-refractivity contribution in [2.45, 2.75) is 45.6 Å². The van der Waals surface area contributed by atoms with E-state index in [1.54, 1.807) is 0 Å². The molecule has 0 saturated heterocycles. The van der Waals surface area contributed by atoms with Crippen LogP contribution in [-0.4, -0.2) is 24.3 Å². The second kappa shape index (κ2) is 8.26. The zero-order valence-electron chi connectivity index (χ0n) is 11.1. The van der Waals surface area contributed by atoms with Crippen LogP contribution in [0.4, 0.5) is 0 Å². The number of nitrogens with one attached hydrogen (secondary N) is 1. The Morgan fingerprint density at radius 3 is 2.82 bits per heavy atom. The highest BCUT2D eigenvalue weighted by Crippen LogP contribution is 2.08. The number of aryl methyl sites for hydroxylation is 2. The summed E-state index contributed by atoms with van der Waals surface area (Å²) in [6.45, 7) is 5.68. The molecule has 0 aliphatic carbocycles. The third-order valence-electron chi connectivity index (χ3n) is 3.03.